The highest BCUT2D eigenvalue weighted by Gasteiger charge is 2.22. The van der Waals surface area contributed by atoms with E-state index >= 15 is 0 Å². The predicted molar refractivity (Wildman–Crippen MR) is 118 cm³/mol. The molecule has 0 aliphatic carbocycles. The van der Waals surface area contributed by atoms with Gasteiger partial charge in [-0.1, -0.05) is 43.6 Å². The van der Waals surface area contributed by atoms with Gasteiger partial charge in [0.25, 0.3) is 0 Å². The van der Waals surface area contributed by atoms with Crippen molar-refractivity contribution >= 4 is 23.3 Å². The lowest BCUT2D eigenvalue weighted by molar-refractivity contribution is -0.123. The van der Waals surface area contributed by atoms with Gasteiger partial charge >= 0.3 is 0 Å². The summed E-state index contributed by atoms with van der Waals surface area (Å²) < 4.78 is 0. The number of nitrogens with zero attached hydrogens (tertiary/aromatic N) is 4. The van der Waals surface area contributed by atoms with E-state index < -0.39 is 0 Å². The van der Waals surface area contributed by atoms with E-state index in [4.69, 9.17) is 16.6 Å². The van der Waals surface area contributed by atoms with E-state index in [2.05, 4.69) is 33.9 Å². The first-order chi connectivity index (χ1) is 13.8. The molecular weight excluding hydrogens is 386 g/mol. The Bertz CT molecular complexity index is 849. The van der Waals surface area contributed by atoms with Gasteiger partial charge in [-0.25, -0.2) is 9.97 Å². The number of anilines is 1. The van der Waals surface area contributed by atoms with Gasteiger partial charge in [0.05, 0.1) is 12.6 Å². The molecule has 6 nitrogen and oxygen atoms in total. The van der Waals surface area contributed by atoms with Gasteiger partial charge in [-0.15, -0.1) is 0 Å². The minimum atomic E-state index is -0.115. The molecule has 29 heavy (non-hydrogen) atoms. The summed E-state index contributed by atoms with van der Waals surface area (Å²) in [4.78, 5) is 26.2. The van der Waals surface area contributed by atoms with Crippen LogP contribution in [0.15, 0.2) is 30.3 Å². The molecule has 0 unspecified atom stereocenters. The number of hydrogen-bond acceptors (Lipinski definition) is 5. The zero-order valence-corrected chi connectivity index (χ0v) is 18.4. The molecule has 3 rings (SSSR count). The fraction of sp³-hybridized carbons (Fsp3) is 0.500. The molecule has 1 amide bonds. The number of rotatable bonds is 6. The zero-order valence-electron chi connectivity index (χ0n) is 17.7. The largest absolute Gasteiger partial charge is 0.354 e. The third-order valence-corrected chi connectivity index (χ3v) is 5.53. The maximum atomic E-state index is 12.5. The topological polar surface area (TPSA) is 61.4 Å². The summed E-state index contributed by atoms with van der Waals surface area (Å²) in [7, 11) is 0. The molecule has 0 saturated carbocycles. The number of aryl methyl sites for hydroxylation is 1. The Balaban J connectivity index is 1.52. The Hall–Kier alpha value is -2.18. The highest BCUT2D eigenvalue weighted by atomic mass is 35.5. The van der Waals surface area contributed by atoms with Crippen LogP contribution in [0.5, 0.6) is 0 Å². The molecule has 1 aliphatic rings. The van der Waals surface area contributed by atoms with Crippen molar-refractivity contribution in [2.45, 2.75) is 39.7 Å². The minimum Gasteiger partial charge on any atom is -0.354 e. The van der Waals surface area contributed by atoms with Gasteiger partial charge in [0.15, 0.2) is 0 Å². The van der Waals surface area contributed by atoms with Crippen molar-refractivity contribution in [1.29, 1.82) is 0 Å². The maximum Gasteiger partial charge on any atom is 0.234 e. The predicted octanol–water partition coefficient (Wildman–Crippen LogP) is 3.56. The molecule has 0 spiro atoms. The fourth-order valence-corrected chi connectivity index (χ4v) is 3.82. The van der Waals surface area contributed by atoms with Crippen molar-refractivity contribution in [3.05, 3.63) is 52.4 Å². The smallest absolute Gasteiger partial charge is 0.234 e. The molecule has 2 aromatic rings. The maximum absolute atomic E-state index is 12.5. The highest BCUT2D eigenvalue weighted by molar-refractivity contribution is 6.31. The van der Waals surface area contributed by atoms with Crippen LogP contribution in [0.4, 0.5) is 5.82 Å². The summed E-state index contributed by atoms with van der Waals surface area (Å²) in [6.07, 6.45) is 0. The van der Waals surface area contributed by atoms with E-state index in [0.29, 0.717) is 17.5 Å². The Morgan fingerprint density at radius 1 is 1.14 bits per heavy atom. The standard InChI is InChI=1S/C22H30ClN5O/c1-15(2)22-24-16(3)13-20(26-22)28-11-9-27(10-12-28)14-21(29)25-17(4)18-7-5-6-8-19(18)23/h5-8,13,15,17H,9-12,14H2,1-4H3,(H,25,29)/t17-/m1/s1. The summed E-state index contributed by atoms with van der Waals surface area (Å²) in [5, 5.41) is 3.73. The van der Waals surface area contributed by atoms with Gasteiger partial charge < -0.3 is 10.2 Å². The zero-order chi connectivity index (χ0) is 21.0. The van der Waals surface area contributed by atoms with E-state index in [0.717, 1.165) is 49.1 Å². The first-order valence-corrected chi connectivity index (χ1v) is 10.6. The van der Waals surface area contributed by atoms with Crippen LogP contribution in [0.25, 0.3) is 0 Å². The average Bonchev–Trinajstić information content (AvgIpc) is 2.68. The molecule has 1 aromatic heterocycles. The van der Waals surface area contributed by atoms with Crippen LogP contribution in [-0.4, -0.2) is 53.5 Å². The number of carbonyl (C=O) groups excluding carboxylic acids is 1. The Kier molecular flexibility index (Phi) is 7.09. The van der Waals surface area contributed by atoms with Crippen molar-refractivity contribution in [2.75, 3.05) is 37.6 Å². The molecule has 0 bridgehead atoms. The molecule has 1 N–H and O–H groups in total. The summed E-state index contributed by atoms with van der Waals surface area (Å²) in [5.74, 6) is 2.19. The van der Waals surface area contributed by atoms with E-state index in [1.807, 2.05) is 44.2 Å². The van der Waals surface area contributed by atoms with Crippen molar-refractivity contribution in [2.24, 2.45) is 0 Å². The summed E-state index contributed by atoms with van der Waals surface area (Å²) >= 11 is 6.23. The molecule has 1 atom stereocenters. The average molecular weight is 416 g/mol. The van der Waals surface area contributed by atoms with Crippen LogP contribution in [0, 0.1) is 6.92 Å². The molecule has 1 aliphatic heterocycles. The normalized spacial score (nSPS) is 16.1. The van der Waals surface area contributed by atoms with Crippen molar-refractivity contribution in [1.82, 2.24) is 20.2 Å². The van der Waals surface area contributed by atoms with E-state index in [1.165, 1.54) is 0 Å². The van der Waals surface area contributed by atoms with Crippen LogP contribution in [-0.2, 0) is 4.79 Å². The first kappa shape index (κ1) is 21.5. The summed E-state index contributed by atoms with van der Waals surface area (Å²) in [5.41, 5.74) is 1.93. The SMILES string of the molecule is Cc1cc(N2CCN(CC(=O)N[C@H](C)c3ccccc3Cl)CC2)nc(C(C)C)n1. The van der Waals surface area contributed by atoms with Gasteiger partial charge in [0, 0.05) is 48.9 Å². The second kappa shape index (κ2) is 9.55. The van der Waals surface area contributed by atoms with Crippen LogP contribution in [0.3, 0.4) is 0 Å². The fourth-order valence-electron chi connectivity index (χ4n) is 3.52. The molecule has 1 aromatic carbocycles. The van der Waals surface area contributed by atoms with Crippen LogP contribution in [0.2, 0.25) is 5.02 Å². The molecule has 7 heteroatoms. The van der Waals surface area contributed by atoms with E-state index in [9.17, 15) is 4.79 Å². The van der Waals surface area contributed by atoms with Crippen LogP contribution in [0.1, 0.15) is 49.8 Å². The molecule has 156 valence electrons. The van der Waals surface area contributed by atoms with Gasteiger partial charge in [-0.3, -0.25) is 9.69 Å². The Labute approximate surface area is 178 Å². The van der Waals surface area contributed by atoms with Gasteiger partial charge in [0.2, 0.25) is 5.91 Å². The van der Waals surface area contributed by atoms with E-state index in [-0.39, 0.29) is 11.9 Å². The van der Waals surface area contributed by atoms with E-state index in [1.54, 1.807) is 0 Å². The molecular formula is C22H30ClN5O. The number of hydrogen-bond donors (Lipinski definition) is 1. The number of amides is 1. The van der Waals surface area contributed by atoms with Crippen molar-refractivity contribution in [3.63, 3.8) is 0 Å². The lowest BCUT2D eigenvalue weighted by atomic mass is 10.1. The lowest BCUT2D eigenvalue weighted by Crippen LogP contribution is -2.50. The van der Waals surface area contributed by atoms with Gasteiger partial charge in [0.1, 0.15) is 11.6 Å². The molecule has 2 heterocycles. The summed E-state index contributed by atoms with van der Waals surface area (Å²) in [6, 6.07) is 9.54. The monoisotopic (exact) mass is 415 g/mol. The number of carbonyl (C=O) groups is 1. The number of piperazine rings is 1. The van der Waals surface area contributed by atoms with Crippen molar-refractivity contribution in [3.8, 4) is 0 Å². The molecule has 0 radical (unpaired) electrons. The van der Waals surface area contributed by atoms with Gasteiger partial charge in [-0.05, 0) is 25.5 Å². The molecule has 1 saturated heterocycles. The van der Waals surface area contributed by atoms with Crippen molar-refractivity contribution < 1.29 is 4.79 Å². The second-order valence-electron chi connectivity index (χ2n) is 7.95. The number of benzene rings is 1. The highest BCUT2D eigenvalue weighted by Crippen LogP contribution is 2.22. The number of halogens is 1. The third kappa shape index (κ3) is 5.67. The Morgan fingerprint density at radius 3 is 2.48 bits per heavy atom. The Morgan fingerprint density at radius 2 is 1.83 bits per heavy atom. The number of nitrogens with one attached hydrogen (secondary N) is 1. The minimum absolute atomic E-state index is 0.0193. The second-order valence-corrected chi connectivity index (χ2v) is 8.36. The van der Waals surface area contributed by atoms with Gasteiger partial charge in [-0.2, -0.15) is 0 Å². The summed E-state index contributed by atoms with van der Waals surface area (Å²) in [6.45, 7) is 11.9. The number of aromatic nitrogens is 2. The first-order valence-electron chi connectivity index (χ1n) is 10.2. The quantitative estimate of drug-likeness (QED) is 0.781. The third-order valence-electron chi connectivity index (χ3n) is 5.19. The van der Waals surface area contributed by atoms with Crippen LogP contribution < -0.4 is 10.2 Å². The lowest BCUT2D eigenvalue weighted by Gasteiger charge is -2.35. The van der Waals surface area contributed by atoms with Crippen LogP contribution >= 0.6 is 11.6 Å². The molecule has 1 fully saturated rings.